The smallest absolute Gasteiger partial charge is 0.224 e. The third-order valence-electron chi connectivity index (χ3n) is 2.11. The summed E-state index contributed by atoms with van der Waals surface area (Å²) in [5, 5.41) is 2.72. The van der Waals surface area contributed by atoms with Crippen molar-refractivity contribution < 1.29 is 12.8 Å². The van der Waals surface area contributed by atoms with Crippen molar-refractivity contribution in [3.05, 3.63) is 12.0 Å². The zero-order chi connectivity index (χ0) is 13.8. The van der Waals surface area contributed by atoms with E-state index in [1.807, 2.05) is 0 Å². The summed E-state index contributed by atoms with van der Waals surface area (Å²) in [5.41, 5.74) is 0. The maximum absolute atomic E-state index is 13.3. The van der Waals surface area contributed by atoms with Crippen LogP contribution in [0, 0.1) is 5.82 Å². The maximum Gasteiger partial charge on any atom is 0.224 e. The molecule has 0 amide bonds. The lowest BCUT2D eigenvalue weighted by molar-refractivity contribution is 0.588. The minimum Gasteiger partial charge on any atom is -0.360 e. The number of sulfonamides is 1. The quantitative estimate of drug-likeness (QED) is 0.738. The predicted octanol–water partition coefficient (Wildman–Crippen LogP) is -0.357. The fourth-order valence-corrected chi connectivity index (χ4v) is 1.73. The van der Waals surface area contributed by atoms with Crippen LogP contribution in [-0.4, -0.2) is 51.8 Å². The van der Waals surface area contributed by atoms with Gasteiger partial charge in [0, 0.05) is 20.6 Å². The minimum absolute atomic E-state index is 0.110. The summed E-state index contributed by atoms with van der Waals surface area (Å²) >= 11 is 0. The van der Waals surface area contributed by atoms with Gasteiger partial charge in [0.2, 0.25) is 16.0 Å². The molecule has 2 N–H and O–H groups in total. The van der Waals surface area contributed by atoms with E-state index in [0.717, 1.165) is 6.20 Å². The summed E-state index contributed by atoms with van der Waals surface area (Å²) < 4.78 is 37.8. The molecule has 1 aromatic rings. The van der Waals surface area contributed by atoms with Crippen LogP contribution >= 0.6 is 0 Å². The molecular formula is C9H16FN5O2S. The number of aromatic nitrogens is 2. The Kier molecular flexibility index (Phi) is 4.79. The lowest BCUT2D eigenvalue weighted by Gasteiger charge is -2.13. The Morgan fingerprint density at radius 2 is 2.11 bits per heavy atom. The van der Waals surface area contributed by atoms with Gasteiger partial charge >= 0.3 is 0 Å². The first-order valence-electron chi connectivity index (χ1n) is 5.20. The Balaban J connectivity index is 2.66. The number of halogens is 1. The van der Waals surface area contributed by atoms with Crippen LogP contribution in [0.5, 0.6) is 0 Å². The standard InChI is InChI=1S/C9H16FN5O2S/c1-11-18(16,17)5-4-12-9-13-6-7(10)8(14-9)15(2)3/h6,11H,4-5H2,1-3H3,(H,12,13,14). The highest BCUT2D eigenvalue weighted by molar-refractivity contribution is 7.89. The van der Waals surface area contributed by atoms with Crippen molar-refractivity contribution in [3.8, 4) is 0 Å². The third-order valence-corrected chi connectivity index (χ3v) is 3.48. The van der Waals surface area contributed by atoms with E-state index in [0.29, 0.717) is 0 Å². The number of hydrogen-bond donors (Lipinski definition) is 2. The van der Waals surface area contributed by atoms with Crippen molar-refractivity contribution >= 4 is 21.8 Å². The molecule has 0 unspecified atom stereocenters. The van der Waals surface area contributed by atoms with E-state index < -0.39 is 15.8 Å². The second kappa shape index (κ2) is 5.91. The van der Waals surface area contributed by atoms with Crippen molar-refractivity contribution in [1.82, 2.24) is 14.7 Å². The first-order chi connectivity index (χ1) is 8.35. The summed E-state index contributed by atoms with van der Waals surface area (Å²) in [4.78, 5) is 9.16. The molecule has 0 spiro atoms. The van der Waals surface area contributed by atoms with Crippen molar-refractivity contribution in [2.45, 2.75) is 0 Å². The molecule has 0 aliphatic heterocycles. The van der Waals surface area contributed by atoms with Crippen LogP contribution in [0.4, 0.5) is 16.2 Å². The van der Waals surface area contributed by atoms with Gasteiger partial charge in [0.1, 0.15) is 0 Å². The molecule has 0 radical (unpaired) electrons. The van der Waals surface area contributed by atoms with Gasteiger partial charge in [-0.25, -0.2) is 22.5 Å². The Hall–Kier alpha value is -1.48. The number of anilines is 2. The molecule has 0 saturated heterocycles. The average Bonchev–Trinajstić information content (AvgIpc) is 2.31. The van der Waals surface area contributed by atoms with Crippen molar-refractivity contribution in [2.24, 2.45) is 0 Å². The van der Waals surface area contributed by atoms with Crippen LogP contribution in [0.1, 0.15) is 0 Å². The van der Waals surface area contributed by atoms with E-state index in [2.05, 4.69) is 20.0 Å². The fourth-order valence-electron chi connectivity index (χ4n) is 1.16. The highest BCUT2D eigenvalue weighted by Gasteiger charge is 2.10. The molecule has 0 aromatic carbocycles. The van der Waals surface area contributed by atoms with Crippen LogP contribution < -0.4 is 14.9 Å². The van der Waals surface area contributed by atoms with Crippen molar-refractivity contribution in [3.63, 3.8) is 0 Å². The van der Waals surface area contributed by atoms with Gasteiger partial charge in [-0.2, -0.15) is 4.98 Å². The Morgan fingerprint density at radius 3 is 2.67 bits per heavy atom. The summed E-state index contributed by atoms with van der Waals surface area (Å²) in [5.74, 6) is -0.314. The first-order valence-corrected chi connectivity index (χ1v) is 6.86. The summed E-state index contributed by atoms with van der Waals surface area (Å²) in [6.07, 6.45) is 1.04. The lowest BCUT2D eigenvalue weighted by atomic mass is 10.5. The average molecular weight is 277 g/mol. The first kappa shape index (κ1) is 14.6. The normalized spacial score (nSPS) is 11.3. The van der Waals surface area contributed by atoms with Gasteiger partial charge in [-0.1, -0.05) is 0 Å². The molecule has 0 atom stereocenters. The Labute approximate surface area is 105 Å². The van der Waals surface area contributed by atoms with Crippen LogP contribution in [0.2, 0.25) is 0 Å². The topological polar surface area (TPSA) is 87.2 Å². The Morgan fingerprint density at radius 1 is 1.44 bits per heavy atom. The van der Waals surface area contributed by atoms with Gasteiger partial charge in [-0.15, -0.1) is 0 Å². The SMILES string of the molecule is CNS(=O)(=O)CCNc1ncc(F)c(N(C)C)n1. The second-order valence-electron chi connectivity index (χ2n) is 3.71. The van der Waals surface area contributed by atoms with Gasteiger partial charge in [-0.05, 0) is 7.05 Å². The van der Waals surface area contributed by atoms with Gasteiger partial charge in [0.15, 0.2) is 11.6 Å². The van der Waals surface area contributed by atoms with Crippen LogP contribution in [-0.2, 0) is 10.0 Å². The molecule has 1 rings (SSSR count). The van der Waals surface area contributed by atoms with Crippen LogP contribution in [0.15, 0.2) is 6.20 Å². The van der Waals surface area contributed by atoms with Crippen molar-refractivity contribution in [2.75, 3.05) is 43.7 Å². The molecule has 1 heterocycles. The highest BCUT2D eigenvalue weighted by atomic mass is 32.2. The molecule has 1 aromatic heterocycles. The molecular weight excluding hydrogens is 261 g/mol. The van der Waals surface area contributed by atoms with E-state index in [1.165, 1.54) is 11.9 Å². The zero-order valence-corrected chi connectivity index (χ0v) is 11.3. The summed E-state index contributed by atoms with van der Waals surface area (Å²) in [6, 6.07) is 0. The van der Waals surface area contributed by atoms with E-state index in [1.54, 1.807) is 14.1 Å². The monoisotopic (exact) mass is 277 g/mol. The highest BCUT2D eigenvalue weighted by Crippen LogP contribution is 2.14. The van der Waals surface area contributed by atoms with E-state index in [-0.39, 0.29) is 24.1 Å². The Bertz CT molecular complexity index is 506. The van der Waals surface area contributed by atoms with Crippen LogP contribution in [0.3, 0.4) is 0 Å². The molecule has 7 nitrogen and oxygen atoms in total. The van der Waals surface area contributed by atoms with Crippen molar-refractivity contribution in [1.29, 1.82) is 0 Å². The molecule has 0 aliphatic rings. The van der Waals surface area contributed by atoms with Gasteiger partial charge in [-0.3, -0.25) is 0 Å². The largest absolute Gasteiger partial charge is 0.360 e. The minimum atomic E-state index is -3.28. The molecule has 102 valence electrons. The lowest BCUT2D eigenvalue weighted by Crippen LogP contribution is -2.26. The zero-order valence-electron chi connectivity index (χ0n) is 10.4. The number of nitrogens with one attached hydrogen (secondary N) is 2. The molecule has 18 heavy (non-hydrogen) atoms. The maximum atomic E-state index is 13.3. The van der Waals surface area contributed by atoms with Gasteiger partial charge < -0.3 is 10.2 Å². The van der Waals surface area contributed by atoms with Gasteiger partial charge in [0.25, 0.3) is 0 Å². The predicted molar refractivity (Wildman–Crippen MR) is 67.7 cm³/mol. The molecule has 0 saturated carbocycles. The molecule has 0 aliphatic carbocycles. The number of nitrogens with zero attached hydrogens (tertiary/aromatic N) is 3. The molecule has 9 heteroatoms. The molecule has 0 fully saturated rings. The molecule has 0 bridgehead atoms. The number of hydrogen-bond acceptors (Lipinski definition) is 6. The van der Waals surface area contributed by atoms with E-state index in [4.69, 9.17) is 0 Å². The van der Waals surface area contributed by atoms with E-state index in [9.17, 15) is 12.8 Å². The summed E-state index contributed by atoms with van der Waals surface area (Å²) in [6.45, 7) is 0.141. The fraction of sp³-hybridized carbons (Fsp3) is 0.556. The third kappa shape index (κ3) is 4.08. The van der Waals surface area contributed by atoms with Crippen LogP contribution in [0.25, 0.3) is 0 Å². The summed E-state index contributed by atoms with van der Waals surface area (Å²) in [7, 11) is 1.37. The van der Waals surface area contributed by atoms with Gasteiger partial charge in [0.05, 0.1) is 11.9 Å². The second-order valence-corrected chi connectivity index (χ2v) is 5.76. The number of rotatable bonds is 6. The van der Waals surface area contributed by atoms with E-state index >= 15 is 0 Å².